The number of nitrogens with zero attached hydrogens (tertiary/aromatic N) is 2. The summed E-state index contributed by atoms with van der Waals surface area (Å²) in [6, 6.07) is 20.0. The van der Waals surface area contributed by atoms with Crippen molar-refractivity contribution >= 4 is 23.4 Å². The average Bonchev–Trinajstić information content (AvgIpc) is 3.27. The molecular weight excluding hydrogens is 378 g/mol. The molecule has 0 atom stereocenters. The Bertz CT molecular complexity index is 938. The van der Waals surface area contributed by atoms with Gasteiger partial charge in [0, 0.05) is 40.8 Å². The lowest BCUT2D eigenvalue weighted by atomic mass is 10.1. The summed E-state index contributed by atoms with van der Waals surface area (Å²) in [4.78, 5) is 20.4. The fraction of sp³-hybridized carbons (Fsp3) is 0.250. The molecule has 0 radical (unpaired) electrons. The molecule has 1 aliphatic rings. The van der Waals surface area contributed by atoms with E-state index < -0.39 is 0 Å². The summed E-state index contributed by atoms with van der Waals surface area (Å²) < 4.78 is 0. The van der Waals surface area contributed by atoms with Gasteiger partial charge in [0.2, 0.25) is 0 Å². The van der Waals surface area contributed by atoms with Crippen LogP contribution in [0.1, 0.15) is 34.3 Å². The second-order valence-electron chi connectivity index (χ2n) is 7.31. The number of rotatable bonds is 7. The highest BCUT2D eigenvalue weighted by atomic mass is 32.2. The van der Waals surface area contributed by atoms with E-state index in [0.717, 1.165) is 31.1 Å². The Labute approximate surface area is 176 Å². The monoisotopic (exact) mass is 403 g/mol. The Morgan fingerprint density at radius 2 is 1.79 bits per heavy atom. The number of hydrogen-bond acceptors (Lipinski definition) is 4. The number of anilines is 1. The molecule has 29 heavy (non-hydrogen) atoms. The summed E-state index contributed by atoms with van der Waals surface area (Å²) in [5.74, 6) is 0.813. The number of carbonyl (C=O) groups is 1. The first kappa shape index (κ1) is 19.7. The number of nitrogens with one attached hydrogen (secondary N) is 1. The van der Waals surface area contributed by atoms with Crippen LogP contribution in [0.5, 0.6) is 0 Å². The van der Waals surface area contributed by atoms with E-state index in [2.05, 4.69) is 27.3 Å². The first-order chi connectivity index (χ1) is 14.3. The molecule has 1 fully saturated rings. The van der Waals surface area contributed by atoms with Crippen LogP contribution in [0.2, 0.25) is 0 Å². The molecule has 4 rings (SSSR count). The molecule has 5 heteroatoms. The Kier molecular flexibility index (Phi) is 6.60. The molecule has 0 spiro atoms. The van der Waals surface area contributed by atoms with Crippen molar-refractivity contribution in [3.8, 4) is 0 Å². The molecule has 2 aromatic carbocycles. The molecule has 148 valence electrons. The van der Waals surface area contributed by atoms with E-state index in [4.69, 9.17) is 0 Å². The van der Waals surface area contributed by atoms with Crippen molar-refractivity contribution in [1.82, 2.24) is 9.88 Å². The zero-order valence-electron chi connectivity index (χ0n) is 16.4. The third-order valence-corrected chi connectivity index (χ3v) is 6.12. The Hall–Kier alpha value is -2.63. The van der Waals surface area contributed by atoms with Crippen LogP contribution in [0, 0.1) is 0 Å². The van der Waals surface area contributed by atoms with Crippen LogP contribution in [0.25, 0.3) is 0 Å². The predicted molar refractivity (Wildman–Crippen MR) is 119 cm³/mol. The SMILES string of the molecule is O=C(Nc1ccc(SCc2cccnc2)cc1)c1cccc(CN2CCCC2)c1. The van der Waals surface area contributed by atoms with Gasteiger partial charge in [-0.2, -0.15) is 0 Å². The van der Waals surface area contributed by atoms with E-state index in [0.29, 0.717) is 5.56 Å². The molecule has 1 aromatic heterocycles. The summed E-state index contributed by atoms with van der Waals surface area (Å²) in [7, 11) is 0. The van der Waals surface area contributed by atoms with E-state index in [1.807, 2.05) is 54.7 Å². The third kappa shape index (κ3) is 5.68. The number of benzene rings is 2. The molecule has 1 aliphatic heterocycles. The average molecular weight is 404 g/mol. The number of aromatic nitrogens is 1. The maximum Gasteiger partial charge on any atom is 0.255 e. The van der Waals surface area contributed by atoms with Gasteiger partial charge in [0.1, 0.15) is 0 Å². The van der Waals surface area contributed by atoms with Crippen LogP contribution in [0.15, 0.2) is 78.0 Å². The van der Waals surface area contributed by atoms with Crippen LogP contribution in [0.3, 0.4) is 0 Å². The Balaban J connectivity index is 1.33. The number of hydrogen-bond donors (Lipinski definition) is 1. The number of carbonyl (C=O) groups excluding carboxylic acids is 1. The highest BCUT2D eigenvalue weighted by Crippen LogP contribution is 2.24. The van der Waals surface area contributed by atoms with Gasteiger partial charge in [0.05, 0.1) is 0 Å². The van der Waals surface area contributed by atoms with Crippen LogP contribution in [-0.4, -0.2) is 28.9 Å². The largest absolute Gasteiger partial charge is 0.322 e. The summed E-state index contributed by atoms with van der Waals surface area (Å²) in [5, 5.41) is 3.01. The van der Waals surface area contributed by atoms with E-state index >= 15 is 0 Å². The topological polar surface area (TPSA) is 45.2 Å². The lowest BCUT2D eigenvalue weighted by Gasteiger charge is -2.15. The maximum atomic E-state index is 12.7. The number of thioether (sulfide) groups is 1. The molecule has 0 saturated carbocycles. The van der Waals surface area contributed by atoms with E-state index in [-0.39, 0.29) is 5.91 Å². The molecule has 2 heterocycles. The highest BCUT2D eigenvalue weighted by Gasteiger charge is 2.13. The molecule has 4 nitrogen and oxygen atoms in total. The molecule has 1 saturated heterocycles. The smallest absolute Gasteiger partial charge is 0.255 e. The van der Waals surface area contributed by atoms with Gasteiger partial charge in [-0.25, -0.2) is 0 Å². The van der Waals surface area contributed by atoms with Gasteiger partial charge in [-0.05, 0) is 79.5 Å². The summed E-state index contributed by atoms with van der Waals surface area (Å²) in [6.07, 6.45) is 6.22. The van der Waals surface area contributed by atoms with Crippen molar-refractivity contribution in [1.29, 1.82) is 0 Å². The molecular formula is C24H25N3OS. The van der Waals surface area contributed by atoms with E-state index in [1.165, 1.54) is 28.9 Å². The van der Waals surface area contributed by atoms with Crippen LogP contribution >= 0.6 is 11.8 Å². The minimum Gasteiger partial charge on any atom is -0.322 e. The molecule has 0 aliphatic carbocycles. The molecule has 0 bridgehead atoms. The van der Waals surface area contributed by atoms with E-state index in [9.17, 15) is 4.79 Å². The maximum absolute atomic E-state index is 12.7. The summed E-state index contributed by atoms with van der Waals surface area (Å²) in [6.45, 7) is 3.23. The fourth-order valence-corrected chi connectivity index (χ4v) is 4.33. The number of likely N-dealkylation sites (tertiary alicyclic amines) is 1. The Morgan fingerprint density at radius 3 is 2.55 bits per heavy atom. The lowest BCUT2D eigenvalue weighted by Crippen LogP contribution is -2.19. The van der Waals surface area contributed by atoms with Gasteiger partial charge < -0.3 is 5.32 Å². The second kappa shape index (κ2) is 9.72. The summed E-state index contributed by atoms with van der Waals surface area (Å²) in [5.41, 5.74) is 3.91. The van der Waals surface area contributed by atoms with Crippen molar-refractivity contribution in [3.05, 3.63) is 89.7 Å². The van der Waals surface area contributed by atoms with Crippen LogP contribution in [-0.2, 0) is 12.3 Å². The predicted octanol–water partition coefficient (Wildman–Crippen LogP) is 5.22. The van der Waals surface area contributed by atoms with Gasteiger partial charge in [-0.3, -0.25) is 14.7 Å². The minimum absolute atomic E-state index is 0.0657. The van der Waals surface area contributed by atoms with Crippen molar-refractivity contribution in [2.45, 2.75) is 30.0 Å². The second-order valence-corrected chi connectivity index (χ2v) is 8.36. The zero-order valence-corrected chi connectivity index (χ0v) is 17.2. The lowest BCUT2D eigenvalue weighted by molar-refractivity contribution is 0.102. The van der Waals surface area contributed by atoms with Gasteiger partial charge in [0.25, 0.3) is 5.91 Å². The van der Waals surface area contributed by atoms with Gasteiger partial charge in [-0.15, -0.1) is 11.8 Å². The minimum atomic E-state index is -0.0657. The quantitative estimate of drug-likeness (QED) is 0.549. The van der Waals surface area contributed by atoms with Crippen molar-refractivity contribution in [2.75, 3.05) is 18.4 Å². The summed E-state index contributed by atoms with van der Waals surface area (Å²) >= 11 is 1.76. The van der Waals surface area contributed by atoms with Gasteiger partial charge >= 0.3 is 0 Å². The zero-order chi connectivity index (χ0) is 19.9. The van der Waals surface area contributed by atoms with Crippen molar-refractivity contribution in [3.63, 3.8) is 0 Å². The third-order valence-electron chi connectivity index (χ3n) is 5.03. The van der Waals surface area contributed by atoms with Crippen LogP contribution in [0.4, 0.5) is 5.69 Å². The Morgan fingerprint density at radius 1 is 1.00 bits per heavy atom. The van der Waals surface area contributed by atoms with E-state index in [1.54, 1.807) is 18.0 Å². The fourth-order valence-electron chi connectivity index (χ4n) is 3.50. The normalized spacial score (nSPS) is 14.1. The standard InChI is InChI=1S/C24H25N3OS/c28-24(21-7-3-5-19(15-21)17-27-13-1-2-14-27)26-22-8-10-23(11-9-22)29-18-20-6-4-12-25-16-20/h3-12,15-16H,1-2,13-14,17-18H2,(H,26,28). The first-order valence-electron chi connectivity index (χ1n) is 10.0. The molecule has 1 amide bonds. The molecule has 1 N–H and O–H groups in total. The molecule has 3 aromatic rings. The van der Waals surface area contributed by atoms with Crippen molar-refractivity contribution in [2.24, 2.45) is 0 Å². The van der Waals surface area contributed by atoms with Gasteiger partial charge in [-0.1, -0.05) is 18.2 Å². The van der Waals surface area contributed by atoms with Crippen LogP contribution < -0.4 is 5.32 Å². The number of pyridine rings is 1. The van der Waals surface area contributed by atoms with Crippen molar-refractivity contribution < 1.29 is 4.79 Å². The first-order valence-corrected chi connectivity index (χ1v) is 11.0. The molecule has 0 unspecified atom stereocenters. The highest BCUT2D eigenvalue weighted by molar-refractivity contribution is 7.98. The number of amides is 1. The van der Waals surface area contributed by atoms with Gasteiger partial charge in [0.15, 0.2) is 0 Å².